The van der Waals surface area contributed by atoms with Crippen molar-refractivity contribution in [2.45, 2.75) is 443 Å². The van der Waals surface area contributed by atoms with Crippen LogP contribution in [0.4, 0.5) is 0 Å². The number of hydrogen-bond acceptors (Lipinski definition) is 6. The Balaban J connectivity index is 3.93. The lowest BCUT2D eigenvalue weighted by Crippen LogP contribution is -2.45. The van der Waals surface area contributed by atoms with Crippen molar-refractivity contribution in [1.29, 1.82) is 0 Å². The summed E-state index contributed by atoms with van der Waals surface area (Å²) in [6.45, 7) is 4.69. The highest BCUT2D eigenvalue weighted by Crippen LogP contribution is 2.38. The average Bonchev–Trinajstić information content (AvgIpc) is 3.73. The number of aliphatic hydroxyl groups excluding tert-OH is 1. The summed E-state index contributed by atoms with van der Waals surface area (Å²) in [5.41, 5.74) is 0. The summed E-state index contributed by atoms with van der Waals surface area (Å²) in [5, 5.41) is 14.0. The van der Waals surface area contributed by atoms with Crippen LogP contribution in [0.25, 0.3) is 0 Å². The molecule has 0 saturated carbocycles. The van der Waals surface area contributed by atoms with Crippen LogP contribution in [-0.2, 0) is 18.4 Å². The number of quaternary nitrogens is 1. The molecule has 1 amide bonds. The highest BCUT2D eigenvalue weighted by atomic mass is 31.2. The van der Waals surface area contributed by atoms with E-state index in [0.717, 1.165) is 44.9 Å². The molecule has 9 heteroatoms. The number of nitrogens with one attached hydrogen (secondary N) is 1. The summed E-state index contributed by atoms with van der Waals surface area (Å²) < 4.78 is 23.5. The molecule has 2 N–H and O–H groups in total. The fourth-order valence-electron chi connectivity index (χ4n) is 12.8. The Bertz CT molecular complexity index is 1580. The first-order chi connectivity index (χ1) is 44.5. The van der Waals surface area contributed by atoms with E-state index in [1.165, 1.54) is 366 Å². The molecule has 0 bridgehead atoms. The Hall–Kier alpha value is -1.28. The Morgan fingerprint density at radius 3 is 0.890 bits per heavy atom. The van der Waals surface area contributed by atoms with Gasteiger partial charge < -0.3 is 28.8 Å². The van der Waals surface area contributed by atoms with E-state index in [9.17, 15) is 19.4 Å². The number of hydrogen-bond donors (Lipinski definition) is 2. The van der Waals surface area contributed by atoms with Gasteiger partial charge in [0.25, 0.3) is 7.82 Å². The lowest BCUT2D eigenvalue weighted by atomic mass is 10.0. The molecule has 0 rings (SSSR count). The summed E-state index contributed by atoms with van der Waals surface area (Å²) >= 11 is 0. The first-order valence-corrected chi connectivity index (χ1v) is 42.3. The number of allylic oxidation sites excluding steroid dienone is 5. The van der Waals surface area contributed by atoms with Gasteiger partial charge in [-0.05, 0) is 44.9 Å². The normalized spacial score (nSPS) is 13.6. The maximum atomic E-state index is 13.1. The summed E-state index contributed by atoms with van der Waals surface area (Å²) in [6.07, 6.45) is 99.2. The molecule has 0 aromatic rings. The third-order valence-electron chi connectivity index (χ3n) is 19.1. The molecule has 0 saturated heterocycles. The van der Waals surface area contributed by atoms with Crippen molar-refractivity contribution in [2.24, 2.45) is 0 Å². The fraction of sp³-hybridized carbons (Fsp3) is 0.915. The van der Waals surface area contributed by atoms with E-state index < -0.39 is 26.6 Å². The number of nitrogens with zero attached hydrogens (tertiary/aromatic N) is 1. The molecule has 0 aromatic heterocycles. The van der Waals surface area contributed by atoms with Gasteiger partial charge in [-0.2, -0.15) is 0 Å². The van der Waals surface area contributed by atoms with Gasteiger partial charge in [0.2, 0.25) is 5.91 Å². The summed E-state index contributed by atoms with van der Waals surface area (Å²) in [5.74, 6) is -0.202. The largest absolute Gasteiger partial charge is 0.756 e. The van der Waals surface area contributed by atoms with Gasteiger partial charge >= 0.3 is 0 Å². The zero-order chi connectivity index (χ0) is 66.2. The molecule has 91 heavy (non-hydrogen) atoms. The van der Waals surface area contributed by atoms with E-state index >= 15 is 0 Å². The van der Waals surface area contributed by atoms with Crippen molar-refractivity contribution in [3.8, 4) is 0 Å². The van der Waals surface area contributed by atoms with Crippen LogP contribution in [0.3, 0.4) is 0 Å². The lowest BCUT2D eigenvalue weighted by molar-refractivity contribution is -0.870. The number of carbonyl (C=O) groups excluding carboxylic acids is 1. The number of unbranched alkanes of at least 4 members (excludes halogenated alkanes) is 60. The molecule has 8 nitrogen and oxygen atoms in total. The van der Waals surface area contributed by atoms with E-state index in [4.69, 9.17) is 9.05 Å². The molecular formula is C82H161N2O6P. The molecule has 0 aliphatic carbocycles. The van der Waals surface area contributed by atoms with Crippen LogP contribution in [0.5, 0.6) is 0 Å². The van der Waals surface area contributed by atoms with Gasteiger partial charge in [0.1, 0.15) is 13.2 Å². The van der Waals surface area contributed by atoms with E-state index in [1.54, 1.807) is 6.08 Å². The molecule has 0 aliphatic rings. The maximum absolute atomic E-state index is 13.1. The Kier molecular flexibility index (Phi) is 72.0. The van der Waals surface area contributed by atoms with Crippen molar-refractivity contribution >= 4 is 13.7 Å². The van der Waals surface area contributed by atoms with Gasteiger partial charge in [-0.3, -0.25) is 9.36 Å². The number of amides is 1. The zero-order valence-electron chi connectivity index (χ0n) is 62.1. The molecule has 3 atom stereocenters. The summed E-state index contributed by atoms with van der Waals surface area (Å²) in [4.78, 5) is 25.7. The van der Waals surface area contributed by atoms with Gasteiger partial charge in [0.05, 0.1) is 39.9 Å². The Morgan fingerprint density at radius 2 is 0.615 bits per heavy atom. The van der Waals surface area contributed by atoms with Crippen LogP contribution in [0, 0.1) is 0 Å². The minimum atomic E-state index is -4.62. The van der Waals surface area contributed by atoms with Crippen molar-refractivity contribution in [3.05, 3.63) is 36.5 Å². The number of likely N-dealkylation sites (N-methyl/N-ethyl adjacent to an activating group) is 1. The average molecular weight is 1300 g/mol. The molecule has 0 aliphatic heterocycles. The quantitative estimate of drug-likeness (QED) is 0.0272. The fourth-order valence-corrected chi connectivity index (χ4v) is 13.5. The van der Waals surface area contributed by atoms with Crippen molar-refractivity contribution in [1.82, 2.24) is 5.32 Å². The lowest BCUT2D eigenvalue weighted by Gasteiger charge is -2.29. The first-order valence-electron chi connectivity index (χ1n) is 40.9. The standard InChI is InChI=1S/C82H161N2O6P/c1-6-8-10-12-14-16-18-20-22-24-26-28-30-32-34-36-37-38-39-40-41-42-43-44-45-46-47-48-50-52-54-56-58-60-62-64-66-68-70-72-74-76-82(86)83-80(79-90-91(87,88)89-78-77-84(3,4)5)81(85)75-73-71-69-67-65-63-61-59-57-55-53-51-49-35-33-31-29-27-25-23-21-19-17-15-13-11-9-7-2/h57,59,65,67,73,75,80-81,85H,6-56,58,60-64,66,68-72,74,76-79H2,1-5H3,(H-,83,86,87,88)/b59-57+,67-65+,75-73+. The van der Waals surface area contributed by atoms with Gasteiger partial charge in [-0.1, -0.05) is 416 Å². The van der Waals surface area contributed by atoms with Gasteiger partial charge in [-0.15, -0.1) is 0 Å². The highest BCUT2D eigenvalue weighted by Gasteiger charge is 2.23. The number of carbonyl (C=O) groups is 1. The number of aliphatic hydroxyl groups is 1. The molecule has 0 heterocycles. The van der Waals surface area contributed by atoms with E-state index in [-0.39, 0.29) is 12.5 Å². The van der Waals surface area contributed by atoms with E-state index in [0.29, 0.717) is 17.4 Å². The number of phosphoric acid groups is 1. The predicted octanol–water partition coefficient (Wildman–Crippen LogP) is 26.1. The molecule has 0 spiro atoms. The Morgan fingerprint density at radius 1 is 0.374 bits per heavy atom. The zero-order valence-corrected chi connectivity index (χ0v) is 63.0. The second-order valence-electron chi connectivity index (χ2n) is 29.5. The minimum Gasteiger partial charge on any atom is -0.756 e. The molecule has 540 valence electrons. The van der Waals surface area contributed by atoms with Crippen molar-refractivity contribution < 1.29 is 32.9 Å². The molecule has 3 unspecified atom stereocenters. The number of phosphoric ester groups is 1. The van der Waals surface area contributed by atoms with Gasteiger partial charge in [-0.25, -0.2) is 0 Å². The van der Waals surface area contributed by atoms with E-state index in [2.05, 4.69) is 43.5 Å². The monoisotopic (exact) mass is 1300 g/mol. The van der Waals surface area contributed by atoms with E-state index in [1.807, 2.05) is 27.2 Å². The van der Waals surface area contributed by atoms with Crippen LogP contribution in [0.2, 0.25) is 0 Å². The third kappa shape index (κ3) is 76.0. The highest BCUT2D eigenvalue weighted by molar-refractivity contribution is 7.45. The molecule has 0 aromatic carbocycles. The van der Waals surface area contributed by atoms with Crippen LogP contribution < -0.4 is 10.2 Å². The van der Waals surface area contributed by atoms with Crippen LogP contribution in [-0.4, -0.2) is 68.5 Å². The topological polar surface area (TPSA) is 108 Å². The summed E-state index contributed by atoms with van der Waals surface area (Å²) in [6, 6.07) is -0.910. The van der Waals surface area contributed by atoms with Crippen LogP contribution in [0.15, 0.2) is 36.5 Å². The van der Waals surface area contributed by atoms with Crippen molar-refractivity contribution in [2.75, 3.05) is 40.9 Å². The van der Waals surface area contributed by atoms with Gasteiger partial charge in [0, 0.05) is 6.42 Å². The molecular weight excluding hydrogens is 1140 g/mol. The molecule has 0 radical (unpaired) electrons. The van der Waals surface area contributed by atoms with Gasteiger partial charge in [0.15, 0.2) is 0 Å². The second kappa shape index (κ2) is 73.0. The van der Waals surface area contributed by atoms with Crippen molar-refractivity contribution in [3.63, 3.8) is 0 Å². The first kappa shape index (κ1) is 89.7. The minimum absolute atomic E-state index is 0.00694. The Labute approximate surface area is 569 Å². The third-order valence-corrected chi connectivity index (χ3v) is 20.0. The maximum Gasteiger partial charge on any atom is 0.268 e. The predicted molar refractivity (Wildman–Crippen MR) is 399 cm³/mol. The summed E-state index contributed by atoms with van der Waals surface area (Å²) in [7, 11) is 1.25. The SMILES string of the molecule is CCCCCCCCCCCCCCCCCCCC/C=C/CC/C=C/CC/C=C/C(O)C(COP(=O)([O-])OCC[N+](C)(C)C)NC(=O)CCCCCCCCCCCCCCCCCCCCCCCCCCCCCCCCCCCCCCCCCCC. The van der Waals surface area contributed by atoms with Crippen LogP contribution >= 0.6 is 7.82 Å². The second-order valence-corrected chi connectivity index (χ2v) is 30.9. The molecule has 0 fully saturated rings. The van der Waals surface area contributed by atoms with Crippen LogP contribution in [0.1, 0.15) is 431 Å². The number of rotatable bonds is 77. The smallest absolute Gasteiger partial charge is 0.268 e.